The maximum Gasteiger partial charge on any atom is 0.223 e. The second kappa shape index (κ2) is 11.9. The summed E-state index contributed by atoms with van der Waals surface area (Å²) in [5, 5.41) is 8.90. The molecule has 37 heavy (non-hydrogen) atoms. The Bertz CT molecular complexity index is 1300. The standard InChI is InChI=1S/C32H36FN3O/c1-23(36-19-15-27(16-20-36)32(37)35-22-25-5-4-6-28(33)21-25)29-12-11-26(30-7-2-3-8-31(29)30)10-9-24-13-17-34-18-14-24/h2-8,11-12,21,23-24,27,34H,13-20,22H2,1H3,(H,35,37)/t23-/m1/s1. The molecule has 2 aliphatic rings. The first-order valence-electron chi connectivity index (χ1n) is 13.6. The van der Waals surface area contributed by atoms with Gasteiger partial charge >= 0.3 is 0 Å². The second-order valence-electron chi connectivity index (χ2n) is 10.4. The Kier molecular flexibility index (Phi) is 8.18. The third-order valence-electron chi connectivity index (χ3n) is 7.96. The van der Waals surface area contributed by atoms with Crippen molar-refractivity contribution in [3.63, 3.8) is 0 Å². The zero-order valence-corrected chi connectivity index (χ0v) is 21.6. The van der Waals surface area contributed by atoms with Crippen LogP contribution in [0.2, 0.25) is 0 Å². The third kappa shape index (κ3) is 6.21. The van der Waals surface area contributed by atoms with Crippen LogP contribution in [0, 0.1) is 29.5 Å². The summed E-state index contributed by atoms with van der Waals surface area (Å²) < 4.78 is 13.4. The average Bonchev–Trinajstić information content (AvgIpc) is 2.95. The highest BCUT2D eigenvalue weighted by molar-refractivity contribution is 5.91. The van der Waals surface area contributed by atoms with E-state index in [2.05, 4.69) is 70.7 Å². The lowest BCUT2D eigenvalue weighted by Gasteiger charge is -2.36. The third-order valence-corrected chi connectivity index (χ3v) is 7.96. The van der Waals surface area contributed by atoms with Crippen molar-refractivity contribution in [2.75, 3.05) is 26.2 Å². The van der Waals surface area contributed by atoms with Gasteiger partial charge in [-0.05, 0) is 98.9 Å². The lowest BCUT2D eigenvalue weighted by atomic mass is 9.91. The average molecular weight is 498 g/mol. The fourth-order valence-corrected chi connectivity index (χ4v) is 5.67. The molecular formula is C32H36FN3O. The van der Waals surface area contributed by atoms with E-state index >= 15 is 0 Å². The first-order valence-corrected chi connectivity index (χ1v) is 13.6. The number of nitrogens with zero attached hydrogens (tertiary/aromatic N) is 1. The van der Waals surface area contributed by atoms with Crippen LogP contribution < -0.4 is 10.6 Å². The smallest absolute Gasteiger partial charge is 0.223 e. The highest BCUT2D eigenvalue weighted by Crippen LogP contribution is 2.32. The molecule has 3 aromatic carbocycles. The quantitative estimate of drug-likeness (QED) is 0.463. The first-order chi connectivity index (χ1) is 18.1. The van der Waals surface area contributed by atoms with E-state index in [0.29, 0.717) is 12.5 Å². The number of hydrogen-bond acceptors (Lipinski definition) is 3. The van der Waals surface area contributed by atoms with Gasteiger partial charge in [0.05, 0.1) is 0 Å². The normalized spacial score (nSPS) is 18.2. The molecule has 0 aromatic heterocycles. The Hall–Kier alpha value is -3.20. The van der Waals surface area contributed by atoms with Crippen LogP contribution in [0.3, 0.4) is 0 Å². The number of rotatable bonds is 5. The molecule has 5 rings (SSSR count). The summed E-state index contributed by atoms with van der Waals surface area (Å²) in [6.07, 6.45) is 3.91. The number of amides is 1. The number of piperidine rings is 2. The molecule has 0 aliphatic carbocycles. The van der Waals surface area contributed by atoms with Gasteiger partial charge in [-0.25, -0.2) is 4.39 Å². The number of hydrogen-bond donors (Lipinski definition) is 2. The summed E-state index contributed by atoms with van der Waals surface area (Å²) in [6.45, 7) is 6.51. The van der Waals surface area contributed by atoms with Crippen LogP contribution in [0.4, 0.5) is 4.39 Å². The number of nitrogens with one attached hydrogen (secondary N) is 2. The highest BCUT2D eigenvalue weighted by atomic mass is 19.1. The predicted molar refractivity (Wildman–Crippen MR) is 147 cm³/mol. The van der Waals surface area contributed by atoms with Crippen molar-refractivity contribution in [3.8, 4) is 11.8 Å². The van der Waals surface area contributed by atoms with E-state index in [1.807, 2.05) is 6.07 Å². The molecule has 1 atom stereocenters. The minimum Gasteiger partial charge on any atom is -0.352 e. The number of likely N-dealkylation sites (tertiary alicyclic amines) is 1. The van der Waals surface area contributed by atoms with E-state index in [9.17, 15) is 9.18 Å². The molecule has 192 valence electrons. The number of halogens is 1. The van der Waals surface area contributed by atoms with Crippen LogP contribution in [-0.2, 0) is 11.3 Å². The lowest BCUT2D eigenvalue weighted by Crippen LogP contribution is -2.41. The Morgan fingerprint density at radius 2 is 1.78 bits per heavy atom. The molecule has 0 spiro atoms. The molecule has 0 radical (unpaired) electrons. The molecule has 2 fully saturated rings. The minimum atomic E-state index is -0.275. The molecule has 4 nitrogen and oxygen atoms in total. The summed E-state index contributed by atoms with van der Waals surface area (Å²) in [5.74, 6) is 7.29. The van der Waals surface area contributed by atoms with Gasteiger partial charge in [0.25, 0.3) is 0 Å². The molecule has 0 unspecified atom stereocenters. The predicted octanol–water partition coefficient (Wildman–Crippen LogP) is 5.42. The molecule has 5 heteroatoms. The summed E-state index contributed by atoms with van der Waals surface area (Å²) in [7, 11) is 0. The van der Waals surface area contributed by atoms with Gasteiger partial charge < -0.3 is 10.6 Å². The van der Waals surface area contributed by atoms with Crippen molar-refractivity contribution in [3.05, 3.63) is 83.2 Å². The van der Waals surface area contributed by atoms with Crippen LogP contribution >= 0.6 is 0 Å². The van der Waals surface area contributed by atoms with E-state index in [4.69, 9.17) is 0 Å². The summed E-state index contributed by atoms with van der Waals surface area (Å²) in [5.41, 5.74) is 3.21. The number of carbonyl (C=O) groups excluding carboxylic acids is 1. The van der Waals surface area contributed by atoms with Gasteiger partial charge in [-0.2, -0.15) is 0 Å². The fourth-order valence-electron chi connectivity index (χ4n) is 5.67. The van der Waals surface area contributed by atoms with Crippen molar-refractivity contribution in [2.45, 2.75) is 45.2 Å². The molecule has 0 bridgehead atoms. The van der Waals surface area contributed by atoms with E-state index < -0.39 is 0 Å². The molecule has 2 aliphatic heterocycles. The Morgan fingerprint density at radius 1 is 1.03 bits per heavy atom. The number of fused-ring (bicyclic) bond motifs is 1. The second-order valence-corrected chi connectivity index (χ2v) is 10.4. The summed E-state index contributed by atoms with van der Waals surface area (Å²) in [4.78, 5) is 15.2. The zero-order valence-electron chi connectivity index (χ0n) is 21.6. The maximum absolute atomic E-state index is 13.4. The zero-order chi connectivity index (χ0) is 25.6. The van der Waals surface area contributed by atoms with Gasteiger partial charge in [-0.3, -0.25) is 9.69 Å². The summed E-state index contributed by atoms with van der Waals surface area (Å²) in [6, 6.07) is 19.7. The van der Waals surface area contributed by atoms with Gasteiger partial charge in [-0.15, -0.1) is 0 Å². The van der Waals surface area contributed by atoms with Crippen LogP contribution in [0.25, 0.3) is 10.8 Å². The van der Waals surface area contributed by atoms with Gasteiger partial charge in [0.1, 0.15) is 5.82 Å². The minimum absolute atomic E-state index is 0.00129. The van der Waals surface area contributed by atoms with Crippen LogP contribution in [0.1, 0.15) is 55.3 Å². The van der Waals surface area contributed by atoms with E-state index in [1.165, 1.54) is 28.5 Å². The Labute approximate surface area is 219 Å². The van der Waals surface area contributed by atoms with Gasteiger partial charge in [-0.1, -0.05) is 54.3 Å². The molecule has 2 heterocycles. The van der Waals surface area contributed by atoms with E-state index in [1.54, 1.807) is 6.07 Å². The van der Waals surface area contributed by atoms with Crippen molar-refractivity contribution in [2.24, 2.45) is 11.8 Å². The molecular weight excluding hydrogens is 461 g/mol. The molecule has 2 N–H and O–H groups in total. The van der Waals surface area contributed by atoms with Crippen LogP contribution in [-0.4, -0.2) is 37.0 Å². The van der Waals surface area contributed by atoms with Crippen molar-refractivity contribution in [1.82, 2.24) is 15.5 Å². The van der Waals surface area contributed by atoms with E-state index in [-0.39, 0.29) is 23.7 Å². The largest absolute Gasteiger partial charge is 0.352 e. The monoisotopic (exact) mass is 497 g/mol. The Balaban J connectivity index is 1.23. The van der Waals surface area contributed by atoms with Crippen LogP contribution in [0.5, 0.6) is 0 Å². The number of carbonyl (C=O) groups is 1. The molecule has 1 amide bonds. The van der Waals surface area contributed by atoms with Crippen molar-refractivity contribution >= 4 is 16.7 Å². The topological polar surface area (TPSA) is 44.4 Å². The number of benzene rings is 3. The van der Waals surface area contributed by atoms with Crippen molar-refractivity contribution in [1.29, 1.82) is 0 Å². The summed E-state index contributed by atoms with van der Waals surface area (Å²) >= 11 is 0. The van der Waals surface area contributed by atoms with E-state index in [0.717, 1.165) is 63.0 Å². The fraction of sp³-hybridized carbons (Fsp3) is 0.406. The van der Waals surface area contributed by atoms with Crippen molar-refractivity contribution < 1.29 is 9.18 Å². The molecule has 2 saturated heterocycles. The molecule has 3 aromatic rings. The Morgan fingerprint density at radius 3 is 2.54 bits per heavy atom. The highest BCUT2D eigenvalue weighted by Gasteiger charge is 2.28. The maximum atomic E-state index is 13.4. The van der Waals surface area contributed by atoms with Gasteiger partial charge in [0, 0.05) is 30.0 Å². The van der Waals surface area contributed by atoms with Crippen LogP contribution in [0.15, 0.2) is 60.7 Å². The lowest BCUT2D eigenvalue weighted by molar-refractivity contribution is -0.126. The molecule has 0 saturated carbocycles. The SMILES string of the molecule is C[C@H](c1ccc(C#CC2CCNCC2)c2ccccc12)N1CCC(C(=O)NCc2cccc(F)c2)CC1. The van der Waals surface area contributed by atoms with Gasteiger partial charge in [0.2, 0.25) is 5.91 Å². The van der Waals surface area contributed by atoms with Gasteiger partial charge in [0.15, 0.2) is 0 Å². The first kappa shape index (κ1) is 25.4.